The summed E-state index contributed by atoms with van der Waals surface area (Å²) < 4.78 is 0.793. The molecule has 0 unspecified atom stereocenters. The molecular formula is C13H9BrCl2N2O2. The Hall–Kier alpha value is -1.30. The molecule has 4 nitrogen and oxygen atoms in total. The third-order valence-electron chi connectivity index (χ3n) is 2.64. The van der Waals surface area contributed by atoms with Crippen LogP contribution in [0.4, 0.5) is 11.4 Å². The van der Waals surface area contributed by atoms with Crippen molar-refractivity contribution in [3.05, 3.63) is 66.6 Å². The first-order chi connectivity index (χ1) is 9.47. The number of nitro groups is 1. The van der Waals surface area contributed by atoms with Crippen LogP contribution >= 0.6 is 39.1 Å². The fraction of sp³-hybridized carbons (Fsp3) is 0.0769. The van der Waals surface area contributed by atoms with Crippen LogP contribution in [0.5, 0.6) is 0 Å². The first-order valence-electron chi connectivity index (χ1n) is 5.59. The van der Waals surface area contributed by atoms with Crippen molar-refractivity contribution in [3.8, 4) is 0 Å². The largest absolute Gasteiger partial charge is 0.380 e. The molecule has 104 valence electrons. The van der Waals surface area contributed by atoms with Gasteiger partial charge in [0.1, 0.15) is 0 Å². The SMILES string of the molecule is O=[N+]([O-])c1cc(Cl)ccc1CNc1ccc(Cl)cc1Br. The molecule has 0 aliphatic rings. The molecule has 0 atom stereocenters. The first-order valence-corrected chi connectivity index (χ1v) is 7.14. The van der Waals surface area contributed by atoms with E-state index >= 15 is 0 Å². The third-order valence-corrected chi connectivity index (χ3v) is 3.77. The normalized spacial score (nSPS) is 10.3. The van der Waals surface area contributed by atoms with Crippen LogP contribution in [0.25, 0.3) is 0 Å². The van der Waals surface area contributed by atoms with Gasteiger partial charge in [-0.15, -0.1) is 0 Å². The summed E-state index contributed by atoms with van der Waals surface area (Å²) in [5, 5.41) is 15.1. The molecule has 0 fully saturated rings. The van der Waals surface area contributed by atoms with Gasteiger partial charge >= 0.3 is 0 Å². The van der Waals surface area contributed by atoms with Crippen molar-refractivity contribution in [3.63, 3.8) is 0 Å². The molecule has 0 aliphatic heterocycles. The molecule has 0 aliphatic carbocycles. The molecule has 0 spiro atoms. The minimum Gasteiger partial charge on any atom is -0.380 e. The predicted molar refractivity (Wildman–Crippen MR) is 84.6 cm³/mol. The van der Waals surface area contributed by atoms with Crippen molar-refractivity contribution < 1.29 is 4.92 Å². The molecule has 0 saturated heterocycles. The second-order valence-electron chi connectivity index (χ2n) is 4.01. The molecule has 0 amide bonds. The number of hydrogen-bond donors (Lipinski definition) is 1. The highest BCUT2D eigenvalue weighted by Gasteiger charge is 2.14. The number of benzene rings is 2. The summed E-state index contributed by atoms with van der Waals surface area (Å²) in [6.45, 7) is 0.313. The van der Waals surface area contributed by atoms with Crippen LogP contribution in [0, 0.1) is 10.1 Å². The quantitative estimate of drug-likeness (QED) is 0.584. The van der Waals surface area contributed by atoms with Crippen molar-refractivity contribution in [2.24, 2.45) is 0 Å². The molecule has 2 rings (SSSR count). The van der Waals surface area contributed by atoms with Gasteiger partial charge in [0.15, 0.2) is 0 Å². The lowest BCUT2D eigenvalue weighted by Gasteiger charge is -2.09. The van der Waals surface area contributed by atoms with Gasteiger partial charge in [-0.1, -0.05) is 23.2 Å². The van der Waals surface area contributed by atoms with E-state index in [1.807, 2.05) is 0 Å². The van der Waals surface area contributed by atoms with Crippen molar-refractivity contribution >= 4 is 50.5 Å². The number of nitro benzene ring substituents is 1. The lowest BCUT2D eigenvalue weighted by atomic mass is 10.1. The molecule has 0 saturated carbocycles. The summed E-state index contributed by atoms with van der Waals surface area (Å²) in [7, 11) is 0. The number of halogens is 3. The van der Waals surface area contributed by atoms with Crippen LogP contribution in [-0.2, 0) is 6.54 Å². The van der Waals surface area contributed by atoms with Crippen LogP contribution < -0.4 is 5.32 Å². The lowest BCUT2D eigenvalue weighted by molar-refractivity contribution is -0.385. The van der Waals surface area contributed by atoms with Gasteiger partial charge in [-0.2, -0.15) is 0 Å². The molecule has 1 N–H and O–H groups in total. The molecule has 0 heterocycles. The van der Waals surface area contributed by atoms with Gasteiger partial charge in [0, 0.05) is 38.4 Å². The Morgan fingerprint density at radius 3 is 2.45 bits per heavy atom. The topological polar surface area (TPSA) is 55.2 Å². The summed E-state index contributed by atoms with van der Waals surface area (Å²) in [6.07, 6.45) is 0. The van der Waals surface area contributed by atoms with Gasteiger partial charge < -0.3 is 5.32 Å². The van der Waals surface area contributed by atoms with Gasteiger partial charge in [0.05, 0.1) is 4.92 Å². The Morgan fingerprint density at radius 2 is 1.80 bits per heavy atom. The van der Waals surface area contributed by atoms with E-state index in [-0.39, 0.29) is 5.69 Å². The molecular weight excluding hydrogens is 367 g/mol. The molecule has 0 aromatic heterocycles. The standard InChI is InChI=1S/C13H9BrCl2N2O2/c14-11-5-9(15)3-4-12(11)17-7-8-1-2-10(16)6-13(8)18(19)20/h1-6,17H,7H2. The Bertz CT molecular complexity index is 665. The fourth-order valence-electron chi connectivity index (χ4n) is 1.68. The maximum Gasteiger partial charge on any atom is 0.275 e. The Kier molecular flexibility index (Phi) is 4.86. The summed E-state index contributed by atoms with van der Waals surface area (Å²) in [5.41, 5.74) is 1.36. The number of nitrogens with one attached hydrogen (secondary N) is 1. The van der Waals surface area contributed by atoms with Gasteiger partial charge in [-0.05, 0) is 46.3 Å². The zero-order valence-electron chi connectivity index (χ0n) is 10.1. The van der Waals surface area contributed by atoms with Crippen LogP contribution in [0.15, 0.2) is 40.9 Å². The van der Waals surface area contributed by atoms with Gasteiger partial charge in [0.2, 0.25) is 0 Å². The monoisotopic (exact) mass is 374 g/mol. The number of nitrogens with zero attached hydrogens (tertiary/aromatic N) is 1. The molecule has 2 aromatic rings. The van der Waals surface area contributed by atoms with Gasteiger partial charge in [-0.25, -0.2) is 0 Å². The van der Waals surface area contributed by atoms with E-state index in [9.17, 15) is 10.1 Å². The third kappa shape index (κ3) is 3.62. The highest BCUT2D eigenvalue weighted by atomic mass is 79.9. The van der Waals surface area contributed by atoms with Crippen LogP contribution in [0.2, 0.25) is 10.0 Å². The van der Waals surface area contributed by atoms with E-state index in [0.29, 0.717) is 22.2 Å². The van der Waals surface area contributed by atoms with Crippen molar-refractivity contribution in [2.75, 3.05) is 5.32 Å². The first kappa shape index (κ1) is 15.1. The second-order valence-corrected chi connectivity index (χ2v) is 5.74. The van der Waals surface area contributed by atoms with E-state index in [4.69, 9.17) is 23.2 Å². The zero-order chi connectivity index (χ0) is 14.7. The summed E-state index contributed by atoms with van der Waals surface area (Å²) in [5.74, 6) is 0. The average molecular weight is 376 g/mol. The van der Waals surface area contributed by atoms with E-state index in [1.54, 1.807) is 30.3 Å². The lowest BCUT2D eigenvalue weighted by Crippen LogP contribution is -2.03. The van der Waals surface area contributed by atoms with E-state index in [0.717, 1.165) is 10.2 Å². The number of anilines is 1. The van der Waals surface area contributed by atoms with E-state index in [1.165, 1.54) is 6.07 Å². The molecule has 20 heavy (non-hydrogen) atoms. The van der Waals surface area contributed by atoms with Crippen LogP contribution in [0.1, 0.15) is 5.56 Å². The second kappa shape index (κ2) is 6.43. The zero-order valence-corrected chi connectivity index (χ0v) is 13.2. The predicted octanol–water partition coefficient (Wildman–Crippen LogP) is 5.28. The van der Waals surface area contributed by atoms with Crippen molar-refractivity contribution in [1.29, 1.82) is 0 Å². The minimum atomic E-state index is -0.445. The Balaban J connectivity index is 2.20. The molecule has 7 heteroatoms. The summed E-state index contributed by atoms with van der Waals surface area (Å²) >= 11 is 15.0. The Morgan fingerprint density at radius 1 is 1.15 bits per heavy atom. The smallest absolute Gasteiger partial charge is 0.275 e. The highest BCUT2D eigenvalue weighted by Crippen LogP contribution is 2.28. The maximum absolute atomic E-state index is 11.0. The van der Waals surface area contributed by atoms with Crippen LogP contribution in [-0.4, -0.2) is 4.92 Å². The number of rotatable bonds is 4. The van der Waals surface area contributed by atoms with E-state index in [2.05, 4.69) is 21.2 Å². The molecule has 2 aromatic carbocycles. The van der Waals surface area contributed by atoms with Crippen LogP contribution in [0.3, 0.4) is 0 Å². The van der Waals surface area contributed by atoms with Crippen molar-refractivity contribution in [2.45, 2.75) is 6.54 Å². The van der Waals surface area contributed by atoms with Gasteiger partial charge in [0.25, 0.3) is 5.69 Å². The Labute approximate surface area is 134 Å². The van der Waals surface area contributed by atoms with Crippen molar-refractivity contribution in [1.82, 2.24) is 0 Å². The summed E-state index contributed by atoms with van der Waals surface area (Å²) in [4.78, 5) is 10.5. The number of hydrogen-bond acceptors (Lipinski definition) is 3. The highest BCUT2D eigenvalue weighted by molar-refractivity contribution is 9.10. The molecule has 0 radical (unpaired) electrons. The van der Waals surface area contributed by atoms with Gasteiger partial charge in [-0.3, -0.25) is 10.1 Å². The summed E-state index contributed by atoms with van der Waals surface area (Å²) in [6, 6.07) is 9.90. The van der Waals surface area contributed by atoms with E-state index < -0.39 is 4.92 Å². The fourth-order valence-corrected chi connectivity index (χ4v) is 2.67. The maximum atomic E-state index is 11.0. The molecule has 0 bridgehead atoms. The minimum absolute atomic E-state index is 0.00455. The average Bonchev–Trinajstić information content (AvgIpc) is 2.38.